The van der Waals surface area contributed by atoms with Crippen LogP contribution in [0.3, 0.4) is 0 Å². The molecule has 0 spiro atoms. The molecule has 0 saturated heterocycles. The predicted octanol–water partition coefficient (Wildman–Crippen LogP) is 5.92. The molecule has 0 aliphatic carbocycles. The highest BCUT2D eigenvalue weighted by molar-refractivity contribution is 9.10. The summed E-state index contributed by atoms with van der Waals surface area (Å²) in [6, 6.07) is 4.49. The molecule has 2 rings (SSSR count). The lowest BCUT2D eigenvalue weighted by molar-refractivity contribution is 0.285. The van der Waals surface area contributed by atoms with Crippen molar-refractivity contribution in [1.29, 1.82) is 0 Å². The van der Waals surface area contributed by atoms with Gasteiger partial charge in [-0.15, -0.1) is 0 Å². The van der Waals surface area contributed by atoms with Gasteiger partial charge in [-0.2, -0.15) is 4.39 Å². The number of nitrogens with zero attached hydrogens (tertiary/aromatic N) is 2. The van der Waals surface area contributed by atoms with Crippen molar-refractivity contribution in [2.75, 3.05) is 6.61 Å². The van der Waals surface area contributed by atoms with E-state index in [9.17, 15) is 8.78 Å². The van der Waals surface area contributed by atoms with Crippen LogP contribution >= 0.6 is 15.9 Å². The van der Waals surface area contributed by atoms with Crippen LogP contribution in [0.15, 0.2) is 29.0 Å². The first-order chi connectivity index (χ1) is 11.6. The molecular weight excluding hydrogens is 378 g/mol. The van der Waals surface area contributed by atoms with Gasteiger partial charge >= 0.3 is 0 Å². The second kappa shape index (κ2) is 9.67. The molecule has 0 radical (unpaired) electrons. The van der Waals surface area contributed by atoms with Gasteiger partial charge in [0.25, 0.3) is 0 Å². The van der Waals surface area contributed by atoms with Crippen molar-refractivity contribution in [3.63, 3.8) is 0 Å². The number of benzene rings is 1. The van der Waals surface area contributed by atoms with Crippen LogP contribution in [-0.4, -0.2) is 16.6 Å². The minimum Gasteiger partial charge on any atom is -0.490 e. The third-order valence-electron chi connectivity index (χ3n) is 3.66. The van der Waals surface area contributed by atoms with E-state index >= 15 is 0 Å². The Morgan fingerprint density at radius 1 is 1.00 bits per heavy atom. The molecule has 0 saturated carbocycles. The number of rotatable bonds is 9. The summed E-state index contributed by atoms with van der Waals surface area (Å²) in [4.78, 5) is 8.01. The molecule has 1 heterocycles. The lowest BCUT2D eigenvalue weighted by atomic mass is 10.1. The smallest absolute Gasteiger partial charge is 0.201 e. The Kier molecular flexibility index (Phi) is 7.56. The maximum atomic E-state index is 14.2. The zero-order valence-electron chi connectivity index (χ0n) is 13.7. The van der Waals surface area contributed by atoms with Crippen LogP contribution in [0.25, 0.3) is 11.4 Å². The molecule has 6 heteroatoms. The standard InChI is InChI=1S/C18H21BrF2N2O/c1-2-3-4-5-6-7-12-24-14-9-8-13(16(20)17(14)21)18-22-11-10-15(19)23-18/h8-11H,2-7,12H2,1H3. The molecule has 0 N–H and O–H groups in total. The van der Waals surface area contributed by atoms with Gasteiger partial charge in [-0.1, -0.05) is 39.0 Å². The first-order valence-electron chi connectivity index (χ1n) is 8.23. The SMILES string of the molecule is CCCCCCCCOc1ccc(-c2nccc(Br)n2)c(F)c1F. The fourth-order valence-corrected chi connectivity index (χ4v) is 2.63. The summed E-state index contributed by atoms with van der Waals surface area (Å²) in [6.07, 6.45) is 8.14. The monoisotopic (exact) mass is 398 g/mol. The maximum absolute atomic E-state index is 14.2. The van der Waals surface area contributed by atoms with E-state index in [4.69, 9.17) is 4.74 Å². The molecule has 1 aromatic carbocycles. The van der Waals surface area contributed by atoms with Crippen molar-refractivity contribution in [2.45, 2.75) is 45.4 Å². The quantitative estimate of drug-likeness (QED) is 0.388. The summed E-state index contributed by atoms with van der Waals surface area (Å²) in [5, 5.41) is 0. The highest BCUT2D eigenvalue weighted by atomic mass is 79.9. The van der Waals surface area contributed by atoms with E-state index in [0.717, 1.165) is 19.3 Å². The fraction of sp³-hybridized carbons (Fsp3) is 0.444. The van der Waals surface area contributed by atoms with Gasteiger partial charge in [0, 0.05) is 6.20 Å². The van der Waals surface area contributed by atoms with E-state index in [2.05, 4.69) is 32.8 Å². The molecule has 0 aliphatic rings. The third-order valence-corrected chi connectivity index (χ3v) is 4.11. The summed E-state index contributed by atoms with van der Waals surface area (Å²) < 4.78 is 34.3. The lowest BCUT2D eigenvalue weighted by Gasteiger charge is -2.10. The van der Waals surface area contributed by atoms with Crippen LogP contribution in [0.5, 0.6) is 5.75 Å². The Balaban J connectivity index is 1.95. The molecule has 3 nitrogen and oxygen atoms in total. The minimum atomic E-state index is -0.998. The van der Waals surface area contributed by atoms with Crippen LogP contribution in [0.1, 0.15) is 45.4 Å². The van der Waals surface area contributed by atoms with Gasteiger partial charge in [0.05, 0.1) is 12.2 Å². The second-order valence-corrected chi connectivity index (χ2v) is 6.37. The van der Waals surface area contributed by atoms with Crippen LogP contribution in [0, 0.1) is 11.6 Å². The third kappa shape index (κ3) is 5.23. The predicted molar refractivity (Wildman–Crippen MR) is 94.0 cm³/mol. The number of aromatic nitrogens is 2. The molecule has 0 unspecified atom stereocenters. The molecular formula is C18H21BrF2N2O. The van der Waals surface area contributed by atoms with Crippen molar-refractivity contribution in [2.24, 2.45) is 0 Å². The topological polar surface area (TPSA) is 35.0 Å². The van der Waals surface area contributed by atoms with Crippen molar-refractivity contribution >= 4 is 15.9 Å². The number of hydrogen-bond donors (Lipinski definition) is 0. The largest absolute Gasteiger partial charge is 0.490 e. The Morgan fingerprint density at radius 3 is 2.50 bits per heavy atom. The molecule has 0 atom stereocenters. The van der Waals surface area contributed by atoms with Crippen molar-refractivity contribution in [3.8, 4) is 17.1 Å². The average molecular weight is 399 g/mol. The Hall–Kier alpha value is -1.56. The molecule has 0 bridgehead atoms. The fourth-order valence-electron chi connectivity index (χ4n) is 2.35. The van der Waals surface area contributed by atoms with Gasteiger partial charge in [-0.05, 0) is 40.5 Å². The molecule has 24 heavy (non-hydrogen) atoms. The molecule has 0 amide bonds. The van der Waals surface area contributed by atoms with Crippen LogP contribution < -0.4 is 4.74 Å². The molecule has 0 fully saturated rings. The van der Waals surface area contributed by atoms with Gasteiger partial charge in [-0.3, -0.25) is 0 Å². The molecule has 2 aromatic rings. The summed E-state index contributed by atoms with van der Waals surface area (Å²) in [7, 11) is 0. The van der Waals surface area contributed by atoms with Gasteiger partial charge in [0.2, 0.25) is 5.82 Å². The molecule has 1 aromatic heterocycles. The molecule has 130 valence electrons. The minimum absolute atomic E-state index is 0.0146. The zero-order valence-corrected chi connectivity index (χ0v) is 15.3. The highest BCUT2D eigenvalue weighted by Gasteiger charge is 2.17. The van der Waals surface area contributed by atoms with Gasteiger partial charge in [0.1, 0.15) is 4.60 Å². The summed E-state index contributed by atoms with van der Waals surface area (Å²) in [6.45, 7) is 2.55. The van der Waals surface area contributed by atoms with Crippen molar-refractivity contribution in [3.05, 3.63) is 40.6 Å². The van der Waals surface area contributed by atoms with Crippen LogP contribution in [0.2, 0.25) is 0 Å². The first-order valence-corrected chi connectivity index (χ1v) is 9.02. The lowest BCUT2D eigenvalue weighted by Crippen LogP contribution is -2.02. The Labute approximate surface area is 149 Å². The maximum Gasteiger partial charge on any atom is 0.201 e. The van der Waals surface area contributed by atoms with Crippen LogP contribution in [-0.2, 0) is 0 Å². The number of hydrogen-bond acceptors (Lipinski definition) is 3. The number of ether oxygens (including phenoxy) is 1. The zero-order chi connectivity index (χ0) is 17.4. The summed E-state index contributed by atoms with van der Waals surface area (Å²) >= 11 is 3.19. The van der Waals surface area contributed by atoms with Gasteiger partial charge in [0.15, 0.2) is 17.4 Å². The summed E-state index contributed by atoms with van der Waals surface area (Å²) in [5.74, 6) is -1.93. The van der Waals surface area contributed by atoms with Crippen molar-refractivity contribution < 1.29 is 13.5 Å². The van der Waals surface area contributed by atoms with E-state index < -0.39 is 11.6 Å². The second-order valence-electron chi connectivity index (χ2n) is 5.56. The highest BCUT2D eigenvalue weighted by Crippen LogP contribution is 2.28. The summed E-state index contributed by atoms with van der Waals surface area (Å²) in [5.41, 5.74) is 0.0146. The van der Waals surface area contributed by atoms with E-state index in [0.29, 0.717) is 11.2 Å². The normalized spacial score (nSPS) is 10.8. The Bertz CT molecular complexity index is 667. The average Bonchev–Trinajstić information content (AvgIpc) is 2.57. The number of unbranched alkanes of at least 4 members (excludes halogenated alkanes) is 5. The van der Waals surface area contributed by atoms with Crippen LogP contribution in [0.4, 0.5) is 8.78 Å². The van der Waals surface area contributed by atoms with Gasteiger partial charge in [-0.25, -0.2) is 14.4 Å². The Morgan fingerprint density at radius 2 is 1.75 bits per heavy atom. The van der Waals surface area contributed by atoms with E-state index in [1.54, 1.807) is 6.07 Å². The van der Waals surface area contributed by atoms with E-state index in [1.165, 1.54) is 37.6 Å². The van der Waals surface area contributed by atoms with E-state index in [1.807, 2.05) is 0 Å². The first kappa shape index (κ1) is 18.8. The van der Waals surface area contributed by atoms with Gasteiger partial charge < -0.3 is 4.74 Å². The number of halogens is 3. The van der Waals surface area contributed by atoms with Crippen molar-refractivity contribution in [1.82, 2.24) is 9.97 Å². The van der Waals surface area contributed by atoms with E-state index in [-0.39, 0.29) is 17.1 Å². The molecule has 0 aliphatic heterocycles.